The molecular formula is C19H28N2O2. The van der Waals surface area contributed by atoms with E-state index >= 15 is 0 Å². The molecule has 4 heteroatoms. The summed E-state index contributed by atoms with van der Waals surface area (Å²) in [7, 11) is 0. The first kappa shape index (κ1) is 17.5. The average Bonchev–Trinajstić information content (AvgIpc) is 2.51. The maximum Gasteiger partial charge on any atom is 0.227 e. The Morgan fingerprint density at radius 3 is 1.87 bits per heavy atom. The molecule has 0 saturated carbocycles. The lowest BCUT2D eigenvalue weighted by Crippen LogP contribution is -2.51. The van der Waals surface area contributed by atoms with Crippen molar-refractivity contribution in [3.05, 3.63) is 34.4 Å². The number of hydrogen-bond donors (Lipinski definition) is 0. The Labute approximate surface area is 139 Å². The van der Waals surface area contributed by atoms with E-state index in [2.05, 4.69) is 32.9 Å². The van der Waals surface area contributed by atoms with Crippen LogP contribution in [-0.4, -0.2) is 47.8 Å². The predicted molar refractivity (Wildman–Crippen MR) is 92.4 cm³/mol. The van der Waals surface area contributed by atoms with Gasteiger partial charge in [-0.3, -0.25) is 9.59 Å². The van der Waals surface area contributed by atoms with E-state index in [1.54, 1.807) is 0 Å². The smallest absolute Gasteiger partial charge is 0.227 e. The third-order valence-electron chi connectivity index (χ3n) is 4.62. The van der Waals surface area contributed by atoms with Crippen LogP contribution in [0.1, 0.15) is 42.0 Å². The van der Waals surface area contributed by atoms with Crippen molar-refractivity contribution in [1.82, 2.24) is 9.80 Å². The molecule has 1 fully saturated rings. The summed E-state index contributed by atoms with van der Waals surface area (Å²) in [6.07, 6.45) is 1.94. The van der Waals surface area contributed by atoms with Crippen molar-refractivity contribution in [3.8, 4) is 0 Å². The number of aryl methyl sites for hydroxylation is 3. The number of amides is 2. The van der Waals surface area contributed by atoms with Gasteiger partial charge in [-0.25, -0.2) is 0 Å². The van der Waals surface area contributed by atoms with Gasteiger partial charge in [0.15, 0.2) is 0 Å². The minimum atomic E-state index is 0.169. The lowest BCUT2D eigenvalue weighted by atomic mass is 9.97. The van der Waals surface area contributed by atoms with Gasteiger partial charge in [-0.1, -0.05) is 24.6 Å². The zero-order chi connectivity index (χ0) is 17.0. The van der Waals surface area contributed by atoms with Gasteiger partial charge in [0.1, 0.15) is 0 Å². The summed E-state index contributed by atoms with van der Waals surface area (Å²) in [6.45, 7) is 10.9. The second kappa shape index (κ2) is 7.62. The highest BCUT2D eigenvalue weighted by molar-refractivity contribution is 5.80. The van der Waals surface area contributed by atoms with Crippen LogP contribution in [0, 0.1) is 20.8 Å². The van der Waals surface area contributed by atoms with Gasteiger partial charge in [0, 0.05) is 32.6 Å². The van der Waals surface area contributed by atoms with Gasteiger partial charge in [-0.15, -0.1) is 0 Å². The van der Waals surface area contributed by atoms with Gasteiger partial charge < -0.3 is 9.80 Å². The van der Waals surface area contributed by atoms with Crippen LogP contribution in [0.15, 0.2) is 12.1 Å². The largest absolute Gasteiger partial charge is 0.339 e. The van der Waals surface area contributed by atoms with Crippen molar-refractivity contribution >= 4 is 11.8 Å². The Morgan fingerprint density at radius 1 is 0.913 bits per heavy atom. The molecule has 0 aliphatic carbocycles. The minimum Gasteiger partial charge on any atom is -0.339 e. The van der Waals surface area contributed by atoms with Gasteiger partial charge >= 0.3 is 0 Å². The van der Waals surface area contributed by atoms with Crippen LogP contribution in [0.2, 0.25) is 0 Å². The molecule has 0 atom stereocenters. The van der Waals surface area contributed by atoms with E-state index in [0.29, 0.717) is 39.0 Å². The predicted octanol–water partition coefficient (Wildman–Crippen LogP) is 2.63. The molecule has 1 aromatic carbocycles. The van der Waals surface area contributed by atoms with Crippen molar-refractivity contribution in [2.75, 3.05) is 26.2 Å². The molecule has 1 heterocycles. The molecule has 1 aromatic rings. The highest BCUT2D eigenvalue weighted by Crippen LogP contribution is 2.18. The monoisotopic (exact) mass is 316 g/mol. The fourth-order valence-electron chi connectivity index (χ4n) is 3.33. The Hall–Kier alpha value is -1.84. The maximum atomic E-state index is 12.6. The first-order valence-corrected chi connectivity index (χ1v) is 8.54. The van der Waals surface area contributed by atoms with Crippen molar-refractivity contribution < 1.29 is 9.59 Å². The minimum absolute atomic E-state index is 0.169. The number of piperazine rings is 1. The molecule has 2 amide bonds. The lowest BCUT2D eigenvalue weighted by Gasteiger charge is -2.35. The molecule has 0 spiro atoms. The topological polar surface area (TPSA) is 40.6 Å². The first-order valence-electron chi connectivity index (χ1n) is 8.54. The number of nitrogens with zero attached hydrogens (tertiary/aromatic N) is 2. The standard InChI is InChI=1S/C19H28N2O2/c1-5-6-18(22)20-7-9-21(10-8-20)19(23)13-17-15(3)11-14(2)12-16(17)4/h11-12H,5-10,13H2,1-4H3. The number of hydrogen-bond acceptors (Lipinski definition) is 2. The van der Waals surface area contributed by atoms with Crippen molar-refractivity contribution in [1.29, 1.82) is 0 Å². The molecular weight excluding hydrogens is 288 g/mol. The highest BCUT2D eigenvalue weighted by atomic mass is 16.2. The molecule has 4 nitrogen and oxygen atoms in total. The summed E-state index contributed by atoms with van der Waals surface area (Å²) in [5, 5.41) is 0. The number of carbonyl (C=O) groups is 2. The van der Waals surface area contributed by atoms with E-state index in [-0.39, 0.29) is 11.8 Å². The quantitative estimate of drug-likeness (QED) is 0.857. The van der Waals surface area contributed by atoms with Crippen LogP contribution in [0.4, 0.5) is 0 Å². The van der Waals surface area contributed by atoms with Gasteiger partial charge in [0.2, 0.25) is 11.8 Å². The summed E-state index contributed by atoms with van der Waals surface area (Å²) >= 11 is 0. The molecule has 1 aliphatic rings. The summed E-state index contributed by atoms with van der Waals surface area (Å²) in [5.74, 6) is 0.382. The highest BCUT2D eigenvalue weighted by Gasteiger charge is 2.24. The third-order valence-corrected chi connectivity index (χ3v) is 4.62. The van der Waals surface area contributed by atoms with E-state index in [1.807, 2.05) is 16.7 Å². The van der Waals surface area contributed by atoms with Crippen molar-refractivity contribution in [2.45, 2.75) is 47.0 Å². The summed E-state index contributed by atoms with van der Waals surface area (Å²) in [6, 6.07) is 4.27. The first-order chi connectivity index (χ1) is 10.9. The fourth-order valence-corrected chi connectivity index (χ4v) is 3.33. The molecule has 0 unspecified atom stereocenters. The SMILES string of the molecule is CCCC(=O)N1CCN(C(=O)Cc2c(C)cc(C)cc2C)CC1. The number of carbonyl (C=O) groups excluding carboxylic acids is 2. The van der Waals surface area contributed by atoms with Crippen molar-refractivity contribution in [2.24, 2.45) is 0 Å². The van der Waals surface area contributed by atoms with E-state index in [0.717, 1.165) is 12.0 Å². The van der Waals surface area contributed by atoms with Gasteiger partial charge in [0.25, 0.3) is 0 Å². The zero-order valence-corrected chi connectivity index (χ0v) is 14.8. The van der Waals surface area contributed by atoms with E-state index in [4.69, 9.17) is 0 Å². The van der Waals surface area contributed by atoms with E-state index < -0.39 is 0 Å². The van der Waals surface area contributed by atoms with Gasteiger partial charge in [-0.2, -0.15) is 0 Å². The van der Waals surface area contributed by atoms with Crippen LogP contribution in [0.3, 0.4) is 0 Å². The summed E-state index contributed by atoms with van der Waals surface area (Å²) in [4.78, 5) is 28.3. The average molecular weight is 316 g/mol. The molecule has 1 aliphatic heterocycles. The Morgan fingerprint density at radius 2 is 1.39 bits per heavy atom. The molecule has 2 rings (SSSR count). The zero-order valence-electron chi connectivity index (χ0n) is 14.8. The Bertz CT molecular complexity index is 564. The molecule has 0 radical (unpaired) electrons. The molecule has 0 aromatic heterocycles. The van der Waals surface area contributed by atoms with Gasteiger partial charge in [0.05, 0.1) is 6.42 Å². The normalized spacial score (nSPS) is 15.0. The molecule has 126 valence electrons. The van der Waals surface area contributed by atoms with Crippen LogP contribution in [0.25, 0.3) is 0 Å². The van der Waals surface area contributed by atoms with Crippen LogP contribution in [-0.2, 0) is 16.0 Å². The van der Waals surface area contributed by atoms with E-state index in [1.165, 1.54) is 16.7 Å². The van der Waals surface area contributed by atoms with Gasteiger partial charge in [-0.05, 0) is 43.9 Å². The van der Waals surface area contributed by atoms with Crippen LogP contribution >= 0.6 is 0 Å². The third kappa shape index (κ3) is 4.34. The van der Waals surface area contributed by atoms with E-state index in [9.17, 15) is 9.59 Å². The molecule has 1 saturated heterocycles. The fraction of sp³-hybridized carbons (Fsp3) is 0.579. The summed E-state index contributed by atoms with van der Waals surface area (Å²) < 4.78 is 0. The Kier molecular flexibility index (Phi) is 5.80. The number of benzene rings is 1. The maximum absolute atomic E-state index is 12.6. The lowest BCUT2D eigenvalue weighted by molar-refractivity contribution is -0.139. The second-order valence-electron chi connectivity index (χ2n) is 6.57. The van der Waals surface area contributed by atoms with Crippen LogP contribution in [0.5, 0.6) is 0 Å². The summed E-state index contributed by atoms with van der Waals surface area (Å²) in [5.41, 5.74) is 4.75. The van der Waals surface area contributed by atoms with Crippen LogP contribution < -0.4 is 0 Å². The van der Waals surface area contributed by atoms with Crippen molar-refractivity contribution in [3.63, 3.8) is 0 Å². The molecule has 0 N–H and O–H groups in total. The number of rotatable bonds is 4. The molecule has 23 heavy (non-hydrogen) atoms. The molecule has 0 bridgehead atoms. The second-order valence-corrected chi connectivity index (χ2v) is 6.57. The Balaban J connectivity index is 1.95.